The first kappa shape index (κ1) is 76.1. The van der Waals surface area contributed by atoms with Crippen molar-refractivity contribution < 1.29 is 34.0 Å². The molecule has 8 rings (SSSR count). The molecule has 0 aromatic heterocycles. The fourth-order valence-corrected chi connectivity index (χ4v) is 7.55. The molecular formula is C65H75BrCl4N4O7. The van der Waals surface area contributed by atoms with Crippen LogP contribution in [0.3, 0.4) is 0 Å². The normalized spacial score (nSPS) is 9.74. The Morgan fingerprint density at radius 1 is 0.531 bits per heavy atom. The number of alkyl halides is 3. The molecular weight excluding hydrogens is 1170 g/mol. The molecule has 1 unspecified atom stereocenters. The SMILES string of the molecule is BrC(c1ccccc1)c1ccccc1.C.C.CCOC(=O)CN.CCOOC(=O)CN=C(c1ccccc1)c1ccccc1.Cl.Cl.ClCCl.N=C(c1ccccc1)c1ccccc1.NC(C(=O)O)C(c1ccccc1)c1ccccc1. The van der Waals surface area contributed by atoms with Gasteiger partial charge in [0.25, 0.3) is 0 Å². The molecule has 0 saturated heterocycles. The Balaban J connectivity index is 0. The summed E-state index contributed by atoms with van der Waals surface area (Å²) in [6.45, 7) is 4.12. The van der Waals surface area contributed by atoms with Crippen LogP contribution in [-0.2, 0) is 28.9 Å². The number of rotatable bonds is 16. The number of carbonyl (C=O) groups is 3. The summed E-state index contributed by atoms with van der Waals surface area (Å²) in [4.78, 5) is 46.6. The highest BCUT2D eigenvalue weighted by molar-refractivity contribution is 9.09. The van der Waals surface area contributed by atoms with Crippen LogP contribution in [0.1, 0.15) is 84.0 Å². The minimum atomic E-state index is -0.993. The van der Waals surface area contributed by atoms with Crippen molar-refractivity contribution in [3.8, 4) is 0 Å². The molecule has 16 heteroatoms. The molecule has 81 heavy (non-hydrogen) atoms. The molecule has 11 nitrogen and oxygen atoms in total. The lowest BCUT2D eigenvalue weighted by Crippen LogP contribution is -2.37. The number of carboxylic acids is 1. The number of aliphatic carboxylic acids is 1. The number of halogens is 5. The highest BCUT2D eigenvalue weighted by atomic mass is 79.9. The van der Waals surface area contributed by atoms with Crippen LogP contribution in [-0.4, -0.2) is 72.1 Å². The summed E-state index contributed by atoms with van der Waals surface area (Å²) in [6, 6.07) is 77.9. The second-order valence-electron chi connectivity index (χ2n) is 15.8. The van der Waals surface area contributed by atoms with E-state index in [0.29, 0.717) is 23.8 Å². The van der Waals surface area contributed by atoms with E-state index in [-0.39, 0.29) is 70.0 Å². The monoisotopic (exact) mass is 1240 g/mol. The van der Waals surface area contributed by atoms with Gasteiger partial charge in [-0.2, -0.15) is 4.89 Å². The Labute approximate surface area is 510 Å². The zero-order valence-electron chi connectivity index (χ0n) is 43.8. The van der Waals surface area contributed by atoms with Gasteiger partial charge in [0.15, 0.2) is 0 Å². The maximum Gasteiger partial charge on any atom is 0.363 e. The number of hydrogen-bond donors (Lipinski definition) is 4. The second kappa shape index (κ2) is 46.7. The number of benzene rings is 8. The molecule has 8 aromatic carbocycles. The Kier molecular flexibility index (Phi) is 43.9. The van der Waals surface area contributed by atoms with Gasteiger partial charge in [0.1, 0.15) is 12.6 Å². The number of nitrogens with one attached hydrogen (secondary N) is 1. The molecule has 0 bridgehead atoms. The fraction of sp³-hybridized carbons (Fsp3) is 0.185. The van der Waals surface area contributed by atoms with Crippen molar-refractivity contribution in [3.05, 3.63) is 287 Å². The lowest BCUT2D eigenvalue weighted by atomic mass is 9.85. The van der Waals surface area contributed by atoms with Gasteiger partial charge in [-0.1, -0.05) is 273 Å². The van der Waals surface area contributed by atoms with Crippen LogP contribution < -0.4 is 11.5 Å². The number of aliphatic imine (C=N–C) groups is 1. The van der Waals surface area contributed by atoms with Crippen molar-refractivity contribution in [2.24, 2.45) is 16.5 Å². The maximum atomic E-state index is 11.5. The molecule has 0 heterocycles. The van der Waals surface area contributed by atoms with E-state index >= 15 is 0 Å². The van der Waals surface area contributed by atoms with Crippen molar-refractivity contribution in [1.82, 2.24) is 0 Å². The van der Waals surface area contributed by atoms with E-state index in [4.69, 9.17) is 45.2 Å². The molecule has 0 aliphatic rings. The van der Waals surface area contributed by atoms with Gasteiger partial charge in [-0.15, -0.1) is 48.0 Å². The molecule has 0 amide bonds. The highest BCUT2D eigenvalue weighted by Gasteiger charge is 2.27. The van der Waals surface area contributed by atoms with E-state index in [1.54, 1.807) is 13.8 Å². The van der Waals surface area contributed by atoms with Gasteiger partial charge in [-0.05, 0) is 47.2 Å². The number of nitrogens with two attached hydrogens (primary N) is 2. The number of nitrogens with zero attached hydrogens (tertiary/aromatic N) is 1. The van der Waals surface area contributed by atoms with Crippen molar-refractivity contribution in [3.63, 3.8) is 0 Å². The summed E-state index contributed by atoms with van der Waals surface area (Å²) in [5.41, 5.74) is 20.3. The first-order chi connectivity index (χ1) is 37.5. The van der Waals surface area contributed by atoms with Crippen molar-refractivity contribution in [1.29, 1.82) is 5.41 Å². The van der Waals surface area contributed by atoms with Gasteiger partial charge in [0.2, 0.25) is 0 Å². The minimum absolute atomic E-state index is 0. The van der Waals surface area contributed by atoms with Gasteiger partial charge in [0.05, 0.1) is 41.3 Å². The van der Waals surface area contributed by atoms with E-state index in [9.17, 15) is 14.4 Å². The third kappa shape index (κ3) is 29.9. The maximum absolute atomic E-state index is 11.5. The Hall–Kier alpha value is -6.97. The zero-order chi connectivity index (χ0) is 55.9. The number of hydrogen-bond acceptors (Lipinski definition) is 10. The summed E-state index contributed by atoms with van der Waals surface area (Å²) in [5, 5.41) is 17.3. The summed E-state index contributed by atoms with van der Waals surface area (Å²) in [7, 11) is 0. The molecule has 0 spiro atoms. The van der Waals surface area contributed by atoms with Crippen LogP contribution in [0, 0.1) is 5.41 Å². The summed E-state index contributed by atoms with van der Waals surface area (Å²) in [6.07, 6.45) is 0. The van der Waals surface area contributed by atoms with Crippen molar-refractivity contribution in [2.45, 2.75) is 45.5 Å². The number of esters is 1. The molecule has 6 N–H and O–H groups in total. The van der Waals surface area contributed by atoms with Crippen molar-refractivity contribution >= 4 is 93.3 Å². The van der Waals surface area contributed by atoms with E-state index in [1.807, 2.05) is 194 Å². The smallest absolute Gasteiger partial charge is 0.363 e. The fourth-order valence-electron chi connectivity index (χ4n) is 6.94. The Bertz CT molecular complexity index is 2710. The Morgan fingerprint density at radius 2 is 0.827 bits per heavy atom. The van der Waals surface area contributed by atoms with E-state index in [1.165, 1.54) is 11.1 Å². The molecule has 1 atom stereocenters. The lowest BCUT2D eigenvalue weighted by Gasteiger charge is -2.21. The zero-order valence-corrected chi connectivity index (χ0v) is 48.5. The summed E-state index contributed by atoms with van der Waals surface area (Å²) < 4.78 is 4.43. The largest absolute Gasteiger partial charge is 0.480 e. The molecule has 8 aromatic rings. The Morgan fingerprint density at radius 3 is 1.10 bits per heavy atom. The van der Waals surface area contributed by atoms with Gasteiger partial charge in [0, 0.05) is 17.0 Å². The second-order valence-corrected chi connectivity index (χ2v) is 17.5. The lowest BCUT2D eigenvalue weighted by molar-refractivity contribution is -0.268. The highest BCUT2D eigenvalue weighted by Crippen LogP contribution is 2.30. The van der Waals surface area contributed by atoms with Crippen LogP contribution in [0.4, 0.5) is 0 Å². The number of carboxylic acid groups (broad SMARTS) is 1. The molecule has 0 aliphatic carbocycles. The van der Waals surface area contributed by atoms with Crippen molar-refractivity contribution in [2.75, 3.05) is 31.6 Å². The van der Waals surface area contributed by atoms with Gasteiger partial charge >= 0.3 is 17.9 Å². The molecule has 0 radical (unpaired) electrons. The molecule has 0 fully saturated rings. The standard InChI is InChI=1S/C17H17NO3.C15H15NO2.C13H11Br.C13H11N.C4H9NO2.CH2Cl2.2CH4.2ClH/c1-2-20-21-16(19)13-18-17(14-9-5-3-6-10-14)15-11-7-4-8-12-15;16-14(15(17)18)13(11-7-3-1-4-8-11)12-9-5-2-6-10-12;2*14-13(11-7-3-1-4-8-11)12-9-5-2-6-10-12;1-2-7-4(6)3-5;2-1-3;;;;/h3-12H,2,13H2,1H3;1-10,13-14H,16H2,(H,17,18);1-10,13H;1-10,14H;2-3,5H2,1H3;1H2;2*1H4;2*1H. The van der Waals surface area contributed by atoms with Crippen LogP contribution in [0.2, 0.25) is 0 Å². The molecule has 0 saturated carbocycles. The average Bonchev–Trinajstić information content (AvgIpc) is 3.50. The quantitative estimate of drug-likeness (QED) is 0.0240. The molecule has 432 valence electrons. The third-order valence-electron chi connectivity index (χ3n) is 10.5. The van der Waals surface area contributed by atoms with Gasteiger partial charge in [-0.3, -0.25) is 24.9 Å². The molecule has 0 aliphatic heterocycles. The van der Waals surface area contributed by atoms with Crippen LogP contribution in [0.15, 0.2) is 248 Å². The topological polar surface area (TPSA) is 187 Å². The van der Waals surface area contributed by atoms with Gasteiger partial charge < -0.3 is 21.3 Å². The van der Waals surface area contributed by atoms with Crippen LogP contribution in [0.25, 0.3) is 0 Å². The minimum Gasteiger partial charge on any atom is -0.480 e. The number of ether oxygens (including phenoxy) is 1. The van der Waals surface area contributed by atoms with Crippen LogP contribution >= 0.6 is 63.9 Å². The predicted octanol–water partition coefficient (Wildman–Crippen LogP) is 15.6. The first-order valence-electron chi connectivity index (χ1n) is 24.5. The van der Waals surface area contributed by atoms with Crippen LogP contribution in [0.5, 0.6) is 0 Å². The first-order valence-corrected chi connectivity index (χ1v) is 26.4. The summed E-state index contributed by atoms with van der Waals surface area (Å²) in [5.74, 6) is -2.18. The van der Waals surface area contributed by atoms with Gasteiger partial charge in [-0.25, -0.2) is 4.79 Å². The van der Waals surface area contributed by atoms with E-state index in [2.05, 4.69) is 84.0 Å². The average molecular weight is 1250 g/mol. The predicted molar refractivity (Wildman–Crippen MR) is 344 cm³/mol. The third-order valence-corrected chi connectivity index (χ3v) is 11.5. The number of carbonyl (C=O) groups excluding carboxylic acids is 2. The summed E-state index contributed by atoms with van der Waals surface area (Å²) >= 11 is 13.2. The van der Waals surface area contributed by atoms with E-state index in [0.717, 1.165) is 39.1 Å². The van der Waals surface area contributed by atoms with E-state index < -0.39 is 18.0 Å².